The van der Waals surface area contributed by atoms with Gasteiger partial charge in [0.05, 0.1) is 4.88 Å². The molecule has 108 valence electrons. The van der Waals surface area contributed by atoms with Crippen molar-refractivity contribution in [3.8, 4) is 0 Å². The minimum Gasteiger partial charge on any atom is -0.333 e. The molecule has 1 unspecified atom stereocenters. The lowest BCUT2D eigenvalue weighted by atomic mass is 10.2. The molecule has 1 amide bonds. The molecule has 0 bridgehead atoms. The maximum atomic E-state index is 13.2. The molecule has 3 rings (SSSR count). The molecule has 1 aliphatic rings. The molecule has 0 radical (unpaired) electrons. The van der Waals surface area contributed by atoms with E-state index in [2.05, 4.69) is 5.32 Å². The van der Waals surface area contributed by atoms with Crippen molar-refractivity contribution in [2.75, 3.05) is 19.6 Å². The number of amides is 1. The molecule has 2 heterocycles. The summed E-state index contributed by atoms with van der Waals surface area (Å²) in [4.78, 5) is 15.1. The van der Waals surface area contributed by atoms with Gasteiger partial charge in [0.2, 0.25) is 0 Å². The largest absolute Gasteiger partial charge is 0.333 e. The second-order valence-electron chi connectivity index (χ2n) is 4.84. The molecule has 20 heavy (non-hydrogen) atoms. The van der Waals surface area contributed by atoms with Gasteiger partial charge in [-0.3, -0.25) is 4.79 Å². The monoisotopic (exact) mass is 314 g/mol. The van der Waals surface area contributed by atoms with E-state index in [0.29, 0.717) is 4.88 Å². The highest BCUT2D eigenvalue weighted by Gasteiger charge is 2.25. The average Bonchev–Trinajstić information content (AvgIpc) is 2.81. The van der Waals surface area contributed by atoms with Crippen molar-refractivity contribution in [3.05, 3.63) is 35.0 Å². The van der Waals surface area contributed by atoms with E-state index < -0.39 is 0 Å². The van der Waals surface area contributed by atoms with Crippen molar-refractivity contribution in [2.24, 2.45) is 0 Å². The molecule has 0 saturated carbocycles. The Kier molecular flexibility index (Phi) is 4.62. The molecule has 0 spiro atoms. The number of halogens is 2. The lowest BCUT2D eigenvalue weighted by Gasteiger charge is -2.33. The zero-order valence-corrected chi connectivity index (χ0v) is 12.7. The van der Waals surface area contributed by atoms with Gasteiger partial charge in [-0.2, -0.15) is 0 Å². The fourth-order valence-electron chi connectivity index (χ4n) is 2.40. The molecular weight excluding hydrogens is 299 g/mol. The summed E-state index contributed by atoms with van der Waals surface area (Å²) in [6.45, 7) is 4.42. The number of thiophene rings is 1. The first-order valence-corrected chi connectivity index (χ1v) is 7.17. The predicted octanol–water partition coefficient (Wildman–Crippen LogP) is 2.90. The van der Waals surface area contributed by atoms with Gasteiger partial charge in [-0.15, -0.1) is 23.7 Å². The fraction of sp³-hybridized carbons (Fsp3) is 0.357. The normalized spacial score (nSPS) is 18.9. The number of nitrogens with one attached hydrogen (secondary N) is 1. The molecule has 0 aliphatic carbocycles. The molecule has 2 aromatic rings. The topological polar surface area (TPSA) is 32.3 Å². The molecule has 1 fully saturated rings. The Morgan fingerprint density at radius 3 is 3.00 bits per heavy atom. The highest BCUT2D eigenvalue weighted by atomic mass is 35.5. The number of hydrogen-bond donors (Lipinski definition) is 1. The van der Waals surface area contributed by atoms with Crippen LogP contribution in [0, 0.1) is 5.82 Å². The van der Waals surface area contributed by atoms with Crippen LogP contribution in [0.3, 0.4) is 0 Å². The van der Waals surface area contributed by atoms with Crippen molar-refractivity contribution in [1.29, 1.82) is 0 Å². The van der Waals surface area contributed by atoms with Crippen LogP contribution >= 0.6 is 23.7 Å². The highest BCUT2D eigenvalue weighted by molar-refractivity contribution is 7.20. The fourth-order valence-corrected chi connectivity index (χ4v) is 3.40. The standard InChI is InChI=1S/C14H15FN2OS.ClH/c1-9-8-16-4-5-17(9)14(18)13-7-10-6-11(15)2-3-12(10)19-13;/h2-3,6-7,9,16H,4-5,8H2,1H3;1H. The van der Waals surface area contributed by atoms with Crippen LogP contribution in [0.15, 0.2) is 24.3 Å². The van der Waals surface area contributed by atoms with Crippen LogP contribution in [0.2, 0.25) is 0 Å². The molecule has 1 N–H and O–H groups in total. The maximum Gasteiger partial charge on any atom is 0.264 e. The Balaban J connectivity index is 0.00000147. The third-order valence-corrected chi connectivity index (χ3v) is 4.56. The molecule has 3 nitrogen and oxygen atoms in total. The summed E-state index contributed by atoms with van der Waals surface area (Å²) in [7, 11) is 0. The van der Waals surface area contributed by atoms with Crippen LogP contribution in [0.5, 0.6) is 0 Å². The molecule has 1 atom stereocenters. The summed E-state index contributed by atoms with van der Waals surface area (Å²) in [5, 5.41) is 4.07. The molecule has 1 aromatic carbocycles. The van der Waals surface area contributed by atoms with E-state index in [4.69, 9.17) is 0 Å². The van der Waals surface area contributed by atoms with E-state index in [-0.39, 0.29) is 30.2 Å². The number of hydrogen-bond acceptors (Lipinski definition) is 3. The molecular formula is C14H16ClFN2OS. The third kappa shape index (κ3) is 2.80. The van der Waals surface area contributed by atoms with Gasteiger partial charge >= 0.3 is 0 Å². The molecule has 1 aromatic heterocycles. The quantitative estimate of drug-likeness (QED) is 0.878. The first kappa shape index (κ1) is 15.2. The van der Waals surface area contributed by atoms with Gasteiger partial charge in [-0.25, -0.2) is 4.39 Å². The Morgan fingerprint density at radius 2 is 2.25 bits per heavy atom. The summed E-state index contributed by atoms with van der Waals surface area (Å²) >= 11 is 1.43. The Hall–Kier alpha value is -1.17. The van der Waals surface area contributed by atoms with Gasteiger partial charge in [0.1, 0.15) is 5.82 Å². The van der Waals surface area contributed by atoms with Crippen molar-refractivity contribution in [1.82, 2.24) is 10.2 Å². The second kappa shape index (κ2) is 6.08. The minimum atomic E-state index is -0.264. The minimum absolute atomic E-state index is 0. The number of fused-ring (bicyclic) bond motifs is 1. The number of benzene rings is 1. The van der Waals surface area contributed by atoms with Crippen molar-refractivity contribution in [3.63, 3.8) is 0 Å². The van der Waals surface area contributed by atoms with Gasteiger partial charge in [0, 0.05) is 30.4 Å². The first-order chi connectivity index (χ1) is 9.15. The molecule has 1 saturated heterocycles. The van der Waals surface area contributed by atoms with Crippen LogP contribution in [-0.2, 0) is 0 Å². The summed E-state index contributed by atoms with van der Waals surface area (Å²) in [5.41, 5.74) is 0. The number of carbonyl (C=O) groups is 1. The van der Waals surface area contributed by atoms with Crippen LogP contribution in [0.1, 0.15) is 16.6 Å². The second-order valence-corrected chi connectivity index (χ2v) is 5.93. The van der Waals surface area contributed by atoms with Crippen LogP contribution in [-0.4, -0.2) is 36.5 Å². The van der Waals surface area contributed by atoms with Gasteiger partial charge in [-0.05, 0) is 36.6 Å². The number of carbonyl (C=O) groups excluding carboxylic acids is 1. The third-order valence-electron chi connectivity index (χ3n) is 3.45. The lowest BCUT2D eigenvalue weighted by Crippen LogP contribution is -2.52. The number of nitrogens with zero attached hydrogens (tertiary/aromatic N) is 1. The average molecular weight is 315 g/mol. The van der Waals surface area contributed by atoms with Gasteiger partial charge in [0.15, 0.2) is 0 Å². The summed E-state index contributed by atoms with van der Waals surface area (Å²) in [5.74, 6) is -0.213. The van der Waals surface area contributed by atoms with Crippen LogP contribution < -0.4 is 5.32 Å². The zero-order valence-electron chi connectivity index (χ0n) is 11.1. The van der Waals surface area contributed by atoms with Gasteiger partial charge in [-0.1, -0.05) is 0 Å². The van der Waals surface area contributed by atoms with Crippen LogP contribution in [0.4, 0.5) is 4.39 Å². The zero-order chi connectivity index (χ0) is 13.4. The van der Waals surface area contributed by atoms with E-state index in [9.17, 15) is 9.18 Å². The van der Waals surface area contributed by atoms with Crippen molar-refractivity contribution in [2.45, 2.75) is 13.0 Å². The number of rotatable bonds is 1. The van der Waals surface area contributed by atoms with Gasteiger partial charge < -0.3 is 10.2 Å². The lowest BCUT2D eigenvalue weighted by molar-refractivity contribution is 0.0661. The Labute approximate surface area is 127 Å². The van der Waals surface area contributed by atoms with E-state index >= 15 is 0 Å². The van der Waals surface area contributed by atoms with E-state index in [1.807, 2.05) is 11.8 Å². The Bertz CT molecular complexity index is 631. The first-order valence-electron chi connectivity index (χ1n) is 6.36. The summed E-state index contributed by atoms with van der Waals surface area (Å²) in [6.07, 6.45) is 0. The SMILES string of the molecule is CC1CNCCN1C(=O)c1cc2cc(F)ccc2s1.Cl. The summed E-state index contributed by atoms with van der Waals surface area (Å²) in [6, 6.07) is 6.63. The molecule has 1 aliphatic heterocycles. The smallest absolute Gasteiger partial charge is 0.264 e. The predicted molar refractivity (Wildman–Crippen MR) is 82.4 cm³/mol. The van der Waals surface area contributed by atoms with Crippen molar-refractivity contribution >= 4 is 39.7 Å². The van der Waals surface area contributed by atoms with E-state index in [1.165, 1.54) is 23.5 Å². The number of piperazine rings is 1. The molecule has 6 heteroatoms. The van der Waals surface area contributed by atoms with Gasteiger partial charge in [0.25, 0.3) is 5.91 Å². The van der Waals surface area contributed by atoms with Crippen molar-refractivity contribution < 1.29 is 9.18 Å². The van der Waals surface area contributed by atoms with E-state index in [1.54, 1.807) is 12.1 Å². The van der Waals surface area contributed by atoms with Crippen LogP contribution in [0.25, 0.3) is 10.1 Å². The summed E-state index contributed by atoms with van der Waals surface area (Å²) < 4.78 is 14.1. The maximum absolute atomic E-state index is 13.2. The Morgan fingerprint density at radius 1 is 1.45 bits per heavy atom. The van der Waals surface area contributed by atoms with E-state index in [0.717, 1.165) is 29.7 Å². The highest BCUT2D eigenvalue weighted by Crippen LogP contribution is 2.27.